The Hall–Kier alpha value is -3.45. The second-order valence-electron chi connectivity index (χ2n) is 7.45. The lowest BCUT2D eigenvalue weighted by Gasteiger charge is -2.30. The number of halogens is 1. The SMILES string of the molecule is CC(Cc1ccccn1)NC(=O)c1cnc2c(c1)N(Cc1ccc(Cl)cc1)C(=O)CN2. The Labute approximate surface area is 185 Å². The Morgan fingerprint density at radius 1 is 1.23 bits per heavy atom. The summed E-state index contributed by atoms with van der Waals surface area (Å²) in [7, 11) is 0. The number of anilines is 2. The summed E-state index contributed by atoms with van der Waals surface area (Å²) in [5, 5.41) is 6.62. The minimum absolute atomic E-state index is 0.0923. The van der Waals surface area contributed by atoms with Gasteiger partial charge in [0.1, 0.15) is 0 Å². The summed E-state index contributed by atoms with van der Waals surface area (Å²) in [6.07, 6.45) is 3.87. The quantitative estimate of drug-likeness (QED) is 0.619. The first-order valence-corrected chi connectivity index (χ1v) is 10.4. The first-order valence-electron chi connectivity index (χ1n) is 9.99. The number of pyridine rings is 2. The molecule has 0 saturated heterocycles. The van der Waals surface area contributed by atoms with Crippen LogP contribution in [0.4, 0.5) is 11.5 Å². The van der Waals surface area contributed by atoms with Gasteiger partial charge in [-0.25, -0.2) is 4.98 Å². The Kier molecular flexibility index (Phi) is 6.13. The topological polar surface area (TPSA) is 87.2 Å². The number of nitrogens with one attached hydrogen (secondary N) is 2. The Balaban J connectivity index is 1.51. The normalized spacial score (nSPS) is 13.9. The van der Waals surface area contributed by atoms with Crippen molar-refractivity contribution in [1.29, 1.82) is 0 Å². The Morgan fingerprint density at radius 2 is 2.03 bits per heavy atom. The van der Waals surface area contributed by atoms with E-state index in [1.807, 2.05) is 37.3 Å². The molecule has 0 bridgehead atoms. The summed E-state index contributed by atoms with van der Waals surface area (Å²) in [5.41, 5.74) is 2.81. The van der Waals surface area contributed by atoms with Crippen molar-refractivity contribution < 1.29 is 9.59 Å². The minimum atomic E-state index is -0.247. The summed E-state index contributed by atoms with van der Waals surface area (Å²) < 4.78 is 0. The molecule has 158 valence electrons. The van der Waals surface area contributed by atoms with Gasteiger partial charge in [0.25, 0.3) is 5.91 Å². The van der Waals surface area contributed by atoms with E-state index in [-0.39, 0.29) is 24.4 Å². The summed E-state index contributed by atoms with van der Waals surface area (Å²) >= 11 is 5.96. The second kappa shape index (κ2) is 9.14. The Bertz CT molecular complexity index is 1090. The van der Waals surface area contributed by atoms with E-state index in [2.05, 4.69) is 20.6 Å². The third-order valence-electron chi connectivity index (χ3n) is 5.00. The van der Waals surface area contributed by atoms with Crippen LogP contribution < -0.4 is 15.5 Å². The van der Waals surface area contributed by atoms with Gasteiger partial charge in [-0.2, -0.15) is 0 Å². The van der Waals surface area contributed by atoms with Crippen molar-refractivity contribution >= 4 is 34.9 Å². The van der Waals surface area contributed by atoms with Gasteiger partial charge in [-0.15, -0.1) is 0 Å². The molecule has 31 heavy (non-hydrogen) atoms. The number of hydrogen-bond acceptors (Lipinski definition) is 5. The number of carbonyl (C=O) groups excluding carboxylic acids is 2. The van der Waals surface area contributed by atoms with Gasteiger partial charge in [0.2, 0.25) is 5.91 Å². The van der Waals surface area contributed by atoms with E-state index in [9.17, 15) is 9.59 Å². The molecule has 0 spiro atoms. The molecule has 3 aromatic rings. The maximum Gasteiger partial charge on any atom is 0.253 e. The molecule has 0 radical (unpaired) electrons. The fourth-order valence-electron chi connectivity index (χ4n) is 3.44. The molecule has 8 heteroatoms. The standard InChI is InChI=1S/C23H22ClN5O2/c1-15(10-19-4-2-3-9-25-19)28-23(31)17-11-20-22(26-12-17)27-13-21(30)29(20)14-16-5-7-18(24)8-6-16/h2-9,11-12,15H,10,13-14H2,1H3,(H,26,27)(H,28,31). The summed E-state index contributed by atoms with van der Waals surface area (Å²) in [6.45, 7) is 2.45. The van der Waals surface area contributed by atoms with E-state index in [1.165, 1.54) is 6.20 Å². The van der Waals surface area contributed by atoms with Gasteiger partial charge in [-0.1, -0.05) is 29.8 Å². The molecule has 0 saturated carbocycles. The number of nitrogens with zero attached hydrogens (tertiary/aromatic N) is 3. The molecule has 1 unspecified atom stereocenters. The highest BCUT2D eigenvalue weighted by Crippen LogP contribution is 2.30. The molecular formula is C23H22ClN5O2. The van der Waals surface area contributed by atoms with E-state index >= 15 is 0 Å². The lowest BCUT2D eigenvalue weighted by Crippen LogP contribution is -2.40. The molecule has 3 heterocycles. The number of rotatable bonds is 6. The van der Waals surface area contributed by atoms with Crippen molar-refractivity contribution in [2.75, 3.05) is 16.8 Å². The van der Waals surface area contributed by atoms with Crippen LogP contribution in [0.5, 0.6) is 0 Å². The van der Waals surface area contributed by atoms with Crippen LogP contribution in [0.1, 0.15) is 28.5 Å². The van der Waals surface area contributed by atoms with Gasteiger partial charge < -0.3 is 15.5 Å². The van der Waals surface area contributed by atoms with Crippen LogP contribution in [0.15, 0.2) is 60.9 Å². The highest BCUT2D eigenvalue weighted by atomic mass is 35.5. The molecule has 2 aromatic heterocycles. The Morgan fingerprint density at radius 3 is 2.77 bits per heavy atom. The molecule has 1 atom stereocenters. The number of fused-ring (bicyclic) bond motifs is 1. The summed E-state index contributed by atoms with van der Waals surface area (Å²) in [5.74, 6) is 0.236. The predicted octanol–water partition coefficient (Wildman–Crippen LogP) is 3.45. The maximum absolute atomic E-state index is 12.8. The second-order valence-corrected chi connectivity index (χ2v) is 7.89. The molecule has 1 aliphatic rings. The third-order valence-corrected chi connectivity index (χ3v) is 5.25. The fraction of sp³-hybridized carbons (Fsp3) is 0.217. The summed E-state index contributed by atoms with van der Waals surface area (Å²) in [4.78, 5) is 35.7. The van der Waals surface area contributed by atoms with Crippen molar-refractivity contribution in [3.05, 3.63) is 82.8 Å². The van der Waals surface area contributed by atoms with Crippen LogP contribution in [0.3, 0.4) is 0 Å². The number of amides is 2. The third kappa shape index (κ3) is 5.00. The first kappa shape index (κ1) is 20.8. The van der Waals surface area contributed by atoms with Crippen LogP contribution in [0.2, 0.25) is 5.02 Å². The van der Waals surface area contributed by atoms with Crippen molar-refractivity contribution in [3.63, 3.8) is 0 Å². The molecular weight excluding hydrogens is 414 g/mol. The molecule has 1 aromatic carbocycles. The predicted molar refractivity (Wildman–Crippen MR) is 120 cm³/mol. The van der Waals surface area contributed by atoms with E-state index < -0.39 is 0 Å². The smallest absolute Gasteiger partial charge is 0.253 e. The maximum atomic E-state index is 12.8. The molecule has 2 amide bonds. The monoisotopic (exact) mass is 435 g/mol. The van der Waals surface area contributed by atoms with E-state index in [1.54, 1.807) is 29.3 Å². The van der Waals surface area contributed by atoms with Crippen LogP contribution in [-0.2, 0) is 17.8 Å². The molecule has 0 fully saturated rings. The van der Waals surface area contributed by atoms with Gasteiger partial charge in [-0.3, -0.25) is 14.6 Å². The van der Waals surface area contributed by atoms with Crippen LogP contribution in [0, 0.1) is 0 Å². The molecule has 1 aliphatic heterocycles. The van der Waals surface area contributed by atoms with Gasteiger partial charge >= 0.3 is 0 Å². The van der Waals surface area contributed by atoms with Gasteiger partial charge in [0.05, 0.1) is 24.3 Å². The van der Waals surface area contributed by atoms with Gasteiger partial charge in [-0.05, 0) is 42.8 Å². The zero-order valence-electron chi connectivity index (χ0n) is 17.0. The average molecular weight is 436 g/mol. The molecule has 4 rings (SSSR count). The lowest BCUT2D eigenvalue weighted by molar-refractivity contribution is -0.117. The first-order chi connectivity index (χ1) is 15.0. The van der Waals surface area contributed by atoms with Gasteiger partial charge in [0, 0.05) is 35.6 Å². The largest absolute Gasteiger partial charge is 0.359 e. The van der Waals surface area contributed by atoms with Crippen molar-refractivity contribution in [2.45, 2.75) is 25.9 Å². The molecule has 2 N–H and O–H groups in total. The minimum Gasteiger partial charge on any atom is -0.359 e. The highest BCUT2D eigenvalue weighted by molar-refractivity contribution is 6.30. The zero-order valence-corrected chi connectivity index (χ0v) is 17.8. The van der Waals surface area contributed by atoms with Crippen LogP contribution in [0.25, 0.3) is 0 Å². The van der Waals surface area contributed by atoms with Crippen LogP contribution >= 0.6 is 11.6 Å². The lowest BCUT2D eigenvalue weighted by atomic mass is 10.1. The van der Waals surface area contributed by atoms with Crippen molar-refractivity contribution in [1.82, 2.24) is 15.3 Å². The number of carbonyl (C=O) groups is 2. The fourth-order valence-corrected chi connectivity index (χ4v) is 3.57. The molecule has 0 aliphatic carbocycles. The summed E-state index contributed by atoms with van der Waals surface area (Å²) in [6, 6.07) is 14.6. The zero-order chi connectivity index (χ0) is 21.8. The average Bonchev–Trinajstić information content (AvgIpc) is 2.77. The van der Waals surface area contributed by atoms with Crippen molar-refractivity contribution in [2.24, 2.45) is 0 Å². The van der Waals surface area contributed by atoms with Crippen molar-refractivity contribution in [3.8, 4) is 0 Å². The molecule has 7 nitrogen and oxygen atoms in total. The highest BCUT2D eigenvalue weighted by Gasteiger charge is 2.26. The number of benzene rings is 1. The van der Waals surface area contributed by atoms with Crippen LogP contribution in [-0.4, -0.2) is 34.4 Å². The van der Waals surface area contributed by atoms with E-state index in [4.69, 9.17) is 11.6 Å². The van der Waals surface area contributed by atoms with E-state index in [0.29, 0.717) is 35.1 Å². The van der Waals surface area contributed by atoms with E-state index in [0.717, 1.165) is 11.3 Å². The van der Waals surface area contributed by atoms with Gasteiger partial charge in [0.15, 0.2) is 5.82 Å². The number of hydrogen-bond donors (Lipinski definition) is 2. The number of aromatic nitrogens is 2.